The van der Waals surface area contributed by atoms with Gasteiger partial charge in [-0.15, -0.1) is 0 Å². The maximum absolute atomic E-state index is 12.8. The second kappa shape index (κ2) is 9.32. The van der Waals surface area contributed by atoms with Gasteiger partial charge in [0.15, 0.2) is 5.78 Å². The first-order valence-electron chi connectivity index (χ1n) is 8.94. The maximum atomic E-state index is 12.8. The van der Waals surface area contributed by atoms with Crippen molar-refractivity contribution in [3.63, 3.8) is 0 Å². The molecule has 7 nitrogen and oxygen atoms in total. The first-order valence-corrected chi connectivity index (χ1v) is 8.94. The van der Waals surface area contributed by atoms with E-state index in [0.717, 1.165) is 0 Å². The minimum atomic E-state index is -0.383. The average Bonchev–Trinajstić information content (AvgIpc) is 2.68. The zero-order chi connectivity index (χ0) is 20.0. The Labute approximate surface area is 158 Å². The molecule has 1 aromatic carbocycles. The normalized spacial score (nSPS) is 12.0. The largest absolute Gasteiger partial charge is 0.505 e. The Morgan fingerprint density at radius 3 is 2.67 bits per heavy atom. The van der Waals surface area contributed by atoms with Crippen LogP contribution in [0.4, 0.5) is 0 Å². The maximum Gasteiger partial charge on any atom is 0.322 e. The number of ether oxygens (including phenoxy) is 2. The van der Waals surface area contributed by atoms with Crippen LogP contribution >= 0.6 is 0 Å². The number of Topliss-reactive ketones (excluding diaryl/α,β-unsaturated/α-hetero) is 1. The molecule has 0 bridgehead atoms. The van der Waals surface area contributed by atoms with E-state index in [1.165, 1.54) is 7.11 Å². The van der Waals surface area contributed by atoms with Crippen molar-refractivity contribution in [3.05, 3.63) is 29.5 Å². The molecule has 146 valence electrons. The van der Waals surface area contributed by atoms with E-state index in [9.17, 15) is 14.7 Å². The Balaban J connectivity index is 2.15. The monoisotopic (exact) mass is 374 g/mol. The van der Waals surface area contributed by atoms with Crippen molar-refractivity contribution >= 4 is 22.7 Å². The molecule has 0 spiro atoms. The number of aromatic nitrogens is 1. The van der Waals surface area contributed by atoms with Crippen molar-refractivity contribution in [2.24, 2.45) is 0 Å². The third-order valence-corrected chi connectivity index (χ3v) is 4.48. The van der Waals surface area contributed by atoms with Crippen LogP contribution in [0.25, 0.3) is 10.9 Å². The number of aryl methyl sites for hydroxylation is 1. The van der Waals surface area contributed by atoms with Gasteiger partial charge in [-0.1, -0.05) is 6.92 Å². The molecule has 0 fully saturated rings. The van der Waals surface area contributed by atoms with Crippen LogP contribution in [-0.4, -0.2) is 48.6 Å². The fourth-order valence-corrected chi connectivity index (χ4v) is 2.95. The summed E-state index contributed by atoms with van der Waals surface area (Å²) in [6.07, 6.45) is 1.36. The third-order valence-electron chi connectivity index (χ3n) is 4.48. The van der Waals surface area contributed by atoms with Crippen molar-refractivity contribution in [1.29, 1.82) is 0 Å². The van der Waals surface area contributed by atoms with Crippen molar-refractivity contribution in [3.8, 4) is 11.5 Å². The molecule has 0 radical (unpaired) electrons. The molecule has 0 saturated carbocycles. The summed E-state index contributed by atoms with van der Waals surface area (Å²) in [7, 11) is 2.89. The molecule has 1 heterocycles. The highest BCUT2D eigenvalue weighted by Gasteiger charge is 2.20. The van der Waals surface area contributed by atoms with E-state index in [2.05, 4.69) is 10.3 Å². The number of fused-ring (bicyclic) bond motifs is 1. The van der Waals surface area contributed by atoms with Crippen LogP contribution in [0, 0.1) is 6.92 Å². The molecule has 0 aliphatic heterocycles. The number of aromatic hydroxyl groups is 1. The Morgan fingerprint density at radius 1 is 1.30 bits per heavy atom. The molecular weight excluding hydrogens is 348 g/mol. The molecular formula is C20H26N2O5. The summed E-state index contributed by atoms with van der Waals surface area (Å²) in [5, 5.41) is 14.1. The Kier molecular flexibility index (Phi) is 7.12. The molecule has 0 saturated heterocycles. The zero-order valence-corrected chi connectivity index (χ0v) is 16.2. The molecule has 7 heteroatoms. The number of hydrogen-bond donors (Lipinski definition) is 2. The lowest BCUT2D eigenvalue weighted by Crippen LogP contribution is -2.37. The number of hydrogen-bond acceptors (Lipinski definition) is 7. The smallest absolute Gasteiger partial charge is 0.322 e. The number of benzene rings is 1. The lowest BCUT2D eigenvalue weighted by molar-refractivity contribution is -0.143. The second-order valence-electron chi connectivity index (χ2n) is 6.27. The van der Waals surface area contributed by atoms with Crippen molar-refractivity contribution in [2.75, 3.05) is 20.8 Å². The van der Waals surface area contributed by atoms with E-state index in [1.807, 2.05) is 6.92 Å². The van der Waals surface area contributed by atoms with Crippen LogP contribution in [0.5, 0.6) is 11.5 Å². The van der Waals surface area contributed by atoms with Crippen molar-refractivity contribution in [1.82, 2.24) is 10.3 Å². The number of ketones is 1. The van der Waals surface area contributed by atoms with Crippen molar-refractivity contribution in [2.45, 2.75) is 39.2 Å². The number of rotatable bonds is 9. The summed E-state index contributed by atoms with van der Waals surface area (Å²) in [5.74, 6) is -0.00432. The first-order chi connectivity index (χ1) is 12.9. The van der Waals surface area contributed by atoms with Crippen LogP contribution in [0.3, 0.4) is 0 Å². The van der Waals surface area contributed by atoms with E-state index in [0.29, 0.717) is 41.7 Å². The van der Waals surface area contributed by atoms with Gasteiger partial charge in [-0.25, -0.2) is 4.98 Å². The molecule has 0 aliphatic rings. The predicted octanol–water partition coefficient (Wildman–Crippen LogP) is 2.76. The zero-order valence-electron chi connectivity index (χ0n) is 16.2. The highest BCUT2D eigenvalue weighted by Crippen LogP contribution is 2.32. The molecule has 2 rings (SSSR count). The minimum absolute atomic E-state index is 0.102. The fraction of sp³-hybridized carbons (Fsp3) is 0.450. The molecule has 2 N–H and O–H groups in total. The summed E-state index contributed by atoms with van der Waals surface area (Å²) in [5.41, 5.74) is 1.30. The van der Waals surface area contributed by atoms with E-state index in [-0.39, 0.29) is 35.5 Å². The van der Waals surface area contributed by atoms with E-state index in [1.54, 1.807) is 32.2 Å². The number of carbonyl (C=O) groups excluding carboxylic acids is 2. The Morgan fingerprint density at radius 2 is 2.04 bits per heavy atom. The highest BCUT2D eigenvalue weighted by molar-refractivity contribution is 6.10. The molecule has 0 amide bonds. The van der Waals surface area contributed by atoms with Gasteiger partial charge in [0.1, 0.15) is 17.5 Å². The SMILES string of the molecule is CC[C@H](NCCCC(=O)c1c(O)c(C)nc2ccc(OC)cc12)C(=O)OC. The molecule has 1 atom stereocenters. The van der Waals surface area contributed by atoms with Gasteiger partial charge in [0.2, 0.25) is 0 Å². The fourth-order valence-electron chi connectivity index (χ4n) is 2.95. The quantitative estimate of drug-likeness (QED) is 0.396. The summed E-state index contributed by atoms with van der Waals surface area (Å²) < 4.78 is 9.95. The second-order valence-corrected chi connectivity index (χ2v) is 6.27. The van der Waals surface area contributed by atoms with Crippen LogP contribution in [-0.2, 0) is 9.53 Å². The summed E-state index contributed by atoms with van der Waals surface area (Å²) in [6, 6.07) is 4.85. The standard InChI is InChI=1S/C20H26N2O5/c1-5-15(20(25)27-4)21-10-6-7-17(23)18-14-11-13(26-3)8-9-16(14)22-12(2)19(18)24/h8-9,11,15,21,24H,5-7,10H2,1-4H3/t15-/m0/s1. The first kappa shape index (κ1) is 20.6. The predicted molar refractivity (Wildman–Crippen MR) is 102 cm³/mol. The van der Waals surface area contributed by atoms with Crippen LogP contribution in [0.15, 0.2) is 18.2 Å². The topological polar surface area (TPSA) is 97.8 Å². The number of esters is 1. The van der Waals surface area contributed by atoms with Crippen LogP contribution in [0.2, 0.25) is 0 Å². The van der Waals surface area contributed by atoms with Gasteiger partial charge in [-0.05, 0) is 44.5 Å². The molecule has 2 aromatic rings. The van der Waals surface area contributed by atoms with Crippen LogP contribution < -0.4 is 10.1 Å². The third kappa shape index (κ3) is 4.74. The highest BCUT2D eigenvalue weighted by atomic mass is 16.5. The molecule has 0 unspecified atom stereocenters. The van der Waals surface area contributed by atoms with Gasteiger partial charge in [0.25, 0.3) is 0 Å². The Hall–Kier alpha value is -2.67. The lowest BCUT2D eigenvalue weighted by Gasteiger charge is -2.14. The summed E-state index contributed by atoms with van der Waals surface area (Å²) in [4.78, 5) is 28.7. The van der Waals surface area contributed by atoms with Gasteiger partial charge < -0.3 is 19.9 Å². The lowest BCUT2D eigenvalue weighted by atomic mass is 9.99. The summed E-state index contributed by atoms with van der Waals surface area (Å²) in [6.45, 7) is 4.04. The number of nitrogens with zero attached hydrogens (tertiary/aromatic N) is 1. The van der Waals surface area contributed by atoms with Gasteiger partial charge in [-0.3, -0.25) is 9.59 Å². The Bertz CT molecular complexity index is 835. The van der Waals surface area contributed by atoms with E-state index in [4.69, 9.17) is 9.47 Å². The summed E-state index contributed by atoms with van der Waals surface area (Å²) >= 11 is 0. The van der Waals surface area contributed by atoms with Gasteiger partial charge in [0, 0.05) is 11.8 Å². The van der Waals surface area contributed by atoms with E-state index >= 15 is 0 Å². The number of carbonyl (C=O) groups is 2. The van der Waals surface area contributed by atoms with Gasteiger partial charge in [0.05, 0.1) is 31.0 Å². The minimum Gasteiger partial charge on any atom is -0.505 e. The molecule has 27 heavy (non-hydrogen) atoms. The number of methoxy groups -OCH3 is 2. The molecule has 1 aromatic heterocycles. The number of nitrogens with one attached hydrogen (secondary N) is 1. The van der Waals surface area contributed by atoms with Crippen molar-refractivity contribution < 1.29 is 24.2 Å². The van der Waals surface area contributed by atoms with Gasteiger partial charge >= 0.3 is 5.97 Å². The average molecular weight is 374 g/mol. The van der Waals surface area contributed by atoms with Crippen LogP contribution in [0.1, 0.15) is 42.2 Å². The van der Waals surface area contributed by atoms with E-state index < -0.39 is 0 Å². The molecule has 0 aliphatic carbocycles. The van der Waals surface area contributed by atoms with Gasteiger partial charge in [-0.2, -0.15) is 0 Å². The number of pyridine rings is 1.